The van der Waals surface area contributed by atoms with E-state index in [0.717, 1.165) is 25.8 Å². The molecule has 164 valence electrons. The van der Waals surface area contributed by atoms with E-state index in [2.05, 4.69) is 9.64 Å². The number of unbranched alkanes of at least 4 members (excludes halogenated alkanes) is 2. The van der Waals surface area contributed by atoms with E-state index in [0.29, 0.717) is 51.0 Å². The summed E-state index contributed by atoms with van der Waals surface area (Å²) >= 11 is 0. The Morgan fingerprint density at radius 2 is 1.86 bits per heavy atom. The van der Waals surface area contributed by atoms with Crippen molar-refractivity contribution < 1.29 is 23.9 Å². The van der Waals surface area contributed by atoms with Crippen LogP contribution in [-0.4, -0.2) is 107 Å². The Morgan fingerprint density at radius 1 is 1.14 bits per heavy atom. The Morgan fingerprint density at radius 3 is 2.36 bits per heavy atom. The van der Waals surface area contributed by atoms with Crippen LogP contribution in [0.25, 0.3) is 0 Å². The van der Waals surface area contributed by atoms with Crippen LogP contribution in [0.4, 0.5) is 0 Å². The first kappa shape index (κ1) is 27.1. The monoisotopic (exact) mass is 419 g/mol. The minimum Gasteiger partial charge on any atom is -0.383 e. The van der Waals surface area contributed by atoms with Gasteiger partial charge in [-0.05, 0) is 40.6 Å². The molecule has 0 aliphatic carbocycles. The molecule has 1 saturated heterocycles. The molecule has 0 aromatic heterocycles. The van der Waals surface area contributed by atoms with E-state index in [4.69, 9.17) is 10.5 Å². The van der Waals surface area contributed by atoms with Crippen molar-refractivity contribution in [3.8, 4) is 0 Å². The molecule has 0 spiro atoms. The second kappa shape index (κ2) is 17.0. The molecule has 1 atom stereocenters. The third-order valence-electron chi connectivity index (χ3n) is 4.48. The maximum atomic E-state index is 12.3. The molecule has 1 heterocycles. The lowest BCUT2D eigenvalue weighted by molar-refractivity contribution is -0.135. The highest BCUT2D eigenvalue weighted by Crippen LogP contribution is 2.26. The van der Waals surface area contributed by atoms with Crippen molar-refractivity contribution in [2.24, 2.45) is 5.73 Å². The number of hydrogen-bond donors (Lipinski definition) is 1. The van der Waals surface area contributed by atoms with Crippen LogP contribution in [0, 0.1) is 0 Å². The van der Waals surface area contributed by atoms with Crippen LogP contribution in [0.5, 0.6) is 0 Å². The van der Waals surface area contributed by atoms with Gasteiger partial charge in [-0.1, -0.05) is 6.42 Å². The van der Waals surface area contributed by atoms with E-state index < -0.39 is 7.92 Å². The molecule has 1 amide bonds. The summed E-state index contributed by atoms with van der Waals surface area (Å²) in [6.45, 7) is 8.01. The van der Waals surface area contributed by atoms with Crippen LogP contribution in [-0.2, 0) is 23.9 Å². The lowest BCUT2D eigenvalue weighted by Crippen LogP contribution is -2.57. The Labute approximate surface area is 170 Å². The zero-order valence-corrected chi connectivity index (χ0v) is 18.8. The largest absolute Gasteiger partial charge is 0.383 e. The molecule has 0 aromatic rings. The zero-order valence-electron chi connectivity index (χ0n) is 17.9. The van der Waals surface area contributed by atoms with Gasteiger partial charge in [-0.15, -0.1) is 0 Å². The first-order valence-electron chi connectivity index (χ1n) is 9.74. The third-order valence-corrected chi connectivity index (χ3v) is 5.62. The van der Waals surface area contributed by atoms with Crippen LogP contribution in [0.3, 0.4) is 0 Å². The summed E-state index contributed by atoms with van der Waals surface area (Å²) in [6, 6.07) is 0.112. The summed E-state index contributed by atoms with van der Waals surface area (Å²) in [5.74, 6) is 0.210. The topological polar surface area (TPSA) is 102 Å². The van der Waals surface area contributed by atoms with E-state index >= 15 is 0 Å². The van der Waals surface area contributed by atoms with Crippen LogP contribution >= 0.6 is 7.92 Å². The predicted octanol–water partition coefficient (Wildman–Crippen LogP) is 0.765. The van der Waals surface area contributed by atoms with Crippen LogP contribution in [0.1, 0.15) is 25.7 Å². The van der Waals surface area contributed by atoms with Gasteiger partial charge in [0.05, 0.1) is 19.2 Å². The van der Waals surface area contributed by atoms with Gasteiger partial charge in [0.1, 0.15) is 12.9 Å². The molecule has 9 heteroatoms. The van der Waals surface area contributed by atoms with Crippen LogP contribution in [0.2, 0.25) is 0 Å². The number of carbonyl (C=O) groups is 3. The SMILES string of the molecule is COCC1CN(C(=O)CCCCCN)CCN1CC(=O)P(C)C.COCC=O. The molecule has 1 unspecified atom stereocenters. The minimum absolute atomic E-state index is 0.112. The highest BCUT2D eigenvalue weighted by atomic mass is 31.1. The van der Waals surface area contributed by atoms with E-state index in [1.165, 1.54) is 7.11 Å². The van der Waals surface area contributed by atoms with Crippen LogP contribution in [0.15, 0.2) is 0 Å². The number of methoxy groups -OCH3 is 2. The van der Waals surface area contributed by atoms with E-state index in [9.17, 15) is 14.4 Å². The van der Waals surface area contributed by atoms with Crippen molar-refractivity contribution in [2.75, 3.05) is 73.5 Å². The normalized spacial score (nSPS) is 17.2. The molecule has 1 fully saturated rings. The average Bonchev–Trinajstić information content (AvgIpc) is 2.67. The average molecular weight is 420 g/mol. The Hall–Kier alpha value is -0.920. The number of carbonyl (C=O) groups excluding carboxylic acids is 3. The molecule has 0 radical (unpaired) electrons. The number of amides is 1. The molecule has 28 heavy (non-hydrogen) atoms. The fraction of sp³-hybridized carbons (Fsp3) is 0.842. The Balaban J connectivity index is 0.00000129. The molecule has 8 nitrogen and oxygen atoms in total. The maximum Gasteiger partial charge on any atom is 0.222 e. The lowest BCUT2D eigenvalue weighted by atomic mass is 10.1. The van der Waals surface area contributed by atoms with E-state index in [1.54, 1.807) is 7.11 Å². The van der Waals surface area contributed by atoms with Crippen molar-refractivity contribution in [1.82, 2.24) is 9.80 Å². The van der Waals surface area contributed by atoms with Gasteiger partial charge >= 0.3 is 0 Å². The number of rotatable bonds is 12. The minimum atomic E-state index is -0.562. The van der Waals surface area contributed by atoms with Crippen molar-refractivity contribution in [1.29, 1.82) is 0 Å². The van der Waals surface area contributed by atoms with Gasteiger partial charge < -0.3 is 24.9 Å². The first-order chi connectivity index (χ1) is 13.4. The number of nitrogens with two attached hydrogens (primary N) is 1. The summed E-state index contributed by atoms with van der Waals surface area (Å²) in [5.41, 5.74) is 5.78. The van der Waals surface area contributed by atoms with Gasteiger partial charge in [0.15, 0.2) is 5.52 Å². The second-order valence-electron chi connectivity index (χ2n) is 6.93. The van der Waals surface area contributed by atoms with Gasteiger partial charge in [-0.25, -0.2) is 0 Å². The quantitative estimate of drug-likeness (QED) is 0.283. The number of piperazine rings is 1. The van der Waals surface area contributed by atoms with Gasteiger partial charge in [-0.3, -0.25) is 14.5 Å². The standard InChI is InChI=1S/C16H32N3O3P.C3H6O2/c1-22-13-14-11-19(15(20)7-5-4-6-8-17)10-9-18(14)12-16(21)23(2)3;1-5-3-2-4/h14H,4-13,17H2,1-3H3;2H,3H2,1H3. The Bertz CT molecular complexity index is 451. The molecular formula is C19H38N3O5P. The van der Waals surface area contributed by atoms with E-state index in [-0.39, 0.29) is 18.6 Å². The Kier molecular flexibility index (Phi) is 16.4. The molecule has 0 aromatic carbocycles. The molecule has 0 bridgehead atoms. The number of ether oxygens (including phenoxy) is 2. The van der Waals surface area contributed by atoms with Crippen LogP contribution < -0.4 is 5.73 Å². The molecule has 2 N–H and O–H groups in total. The van der Waals surface area contributed by atoms with Gasteiger partial charge in [0.2, 0.25) is 5.91 Å². The van der Waals surface area contributed by atoms with Gasteiger partial charge in [0.25, 0.3) is 0 Å². The molecular weight excluding hydrogens is 381 g/mol. The number of nitrogens with zero attached hydrogens (tertiary/aromatic N) is 2. The summed E-state index contributed by atoms with van der Waals surface area (Å²) in [5, 5.41) is 0. The fourth-order valence-electron chi connectivity index (χ4n) is 2.82. The maximum absolute atomic E-state index is 12.3. The van der Waals surface area contributed by atoms with Gasteiger partial charge in [-0.2, -0.15) is 0 Å². The fourth-order valence-corrected chi connectivity index (χ4v) is 3.28. The number of hydrogen-bond acceptors (Lipinski definition) is 7. The highest BCUT2D eigenvalue weighted by molar-refractivity contribution is 7.73. The summed E-state index contributed by atoms with van der Waals surface area (Å²) in [6.07, 6.45) is 4.19. The number of aldehydes is 1. The third kappa shape index (κ3) is 11.8. The van der Waals surface area contributed by atoms with Crippen molar-refractivity contribution in [3.63, 3.8) is 0 Å². The highest BCUT2D eigenvalue weighted by Gasteiger charge is 2.30. The predicted molar refractivity (Wildman–Crippen MR) is 113 cm³/mol. The second-order valence-corrected chi connectivity index (χ2v) is 9.22. The van der Waals surface area contributed by atoms with E-state index in [1.807, 2.05) is 18.2 Å². The smallest absolute Gasteiger partial charge is 0.222 e. The zero-order chi connectivity index (χ0) is 21.4. The van der Waals surface area contributed by atoms with Gasteiger partial charge in [0, 0.05) is 40.3 Å². The molecule has 1 rings (SSSR count). The lowest BCUT2D eigenvalue weighted by Gasteiger charge is -2.41. The summed E-state index contributed by atoms with van der Waals surface area (Å²) in [4.78, 5) is 37.7. The van der Waals surface area contributed by atoms with Crippen molar-refractivity contribution in [3.05, 3.63) is 0 Å². The first-order valence-corrected chi connectivity index (χ1v) is 12.0. The van der Waals surface area contributed by atoms with Crippen molar-refractivity contribution >= 4 is 25.6 Å². The summed E-state index contributed by atoms with van der Waals surface area (Å²) < 4.78 is 9.62. The molecule has 1 aliphatic rings. The molecule has 0 saturated carbocycles. The molecule has 1 aliphatic heterocycles. The van der Waals surface area contributed by atoms with Crippen molar-refractivity contribution in [2.45, 2.75) is 31.7 Å². The summed E-state index contributed by atoms with van der Waals surface area (Å²) in [7, 11) is 2.59.